The van der Waals surface area contributed by atoms with E-state index in [-0.39, 0.29) is 16.9 Å². The fourth-order valence-corrected chi connectivity index (χ4v) is 2.39. The van der Waals surface area contributed by atoms with Gasteiger partial charge in [-0.1, -0.05) is 18.7 Å². The first-order valence-corrected chi connectivity index (χ1v) is 6.45. The van der Waals surface area contributed by atoms with Crippen molar-refractivity contribution in [1.82, 2.24) is 19.3 Å². The molecule has 6 heteroatoms. The van der Waals surface area contributed by atoms with Crippen LogP contribution in [0.5, 0.6) is 0 Å². The molecule has 3 aromatic rings. The molecule has 0 spiro atoms. The number of carbonyl (C=O) groups is 1. The maximum absolute atomic E-state index is 12.6. The van der Waals surface area contributed by atoms with Gasteiger partial charge >= 0.3 is 0 Å². The Labute approximate surface area is 120 Å². The molecule has 0 fully saturated rings. The number of amides is 1. The molecule has 0 saturated carbocycles. The predicted molar refractivity (Wildman–Crippen MR) is 81.1 cm³/mol. The summed E-state index contributed by atoms with van der Waals surface area (Å²) in [5.74, 6) is -0.406. The molecule has 0 atom stereocenters. The molecule has 2 heterocycles. The Hall–Kier alpha value is -2.89. The van der Waals surface area contributed by atoms with Gasteiger partial charge in [0.15, 0.2) is 0 Å². The zero-order chi connectivity index (χ0) is 15.1. The Kier molecular flexibility index (Phi) is 2.86. The maximum atomic E-state index is 12.6. The first kappa shape index (κ1) is 13.1. The normalized spacial score (nSPS) is 11.0. The lowest BCUT2D eigenvalue weighted by atomic mass is 10.3. The first-order valence-electron chi connectivity index (χ1n) is 6.45. The van der Waals surface area contributed by atoms with E-state index in [4.69, 9.17) is 0 Å². The predicted octanol–water partition coefficient (Wildman–Crippen LogP) is 1.17. The average molecular weight is 282 g/mol. The van der Waals surface area contributed by atoms with Crippen molar-refractivity contribution in [2.45, 2.75) is 6.92 Å². The minimum absolute atomic E-state index is 0.0696. The Balaban J connectivity index is 2.39. The van der Waals surface area contributed by atoms with Crippen molar-refractivity contribution in [3.05, 3.63) is 53.1 Å². The third kappa shape index (κ3) is 1.84. The molecule has 0 bridgehead atoms. The van der Waals surface area contributed by atoms with Crippen LogP contribution >= 0.6 is 0 Å². The number of carbonyl (C=O) groups excluding carboxylic acids is 1. The monoisotopic (exact) mass is 282 g/mol. The van der Waals surface area contributed by atoms with Gasteiger partial charge in [0.2, 0.25) is 5.65 Å². The van der Waals surface area contributed by atoms with E-state index in [1.165, 1.54) is 11.6 Å². The number of hydrogen-bond acceptors (Lipinski definition) is 3. The summed E-state index contributed by atoms with van der Waals surface area (Å²) in [6, 6.07) is 7.51. The lowest BCUT2D eigenvalue weighted by Crippen LogP contribution is -2.29. The van der Waals surface area contributed by atoms with Crippen LogP contribution in [-0.4, -0.2) is 26.9 Å². The van der Waals surface area contributed by atoms with Crippen molar-refractivity contribution in [2.24, 2.45) is 0 Å². The zero-order valence-corrected chi connectivity index (χ0v) is 11.8. The number of rotatable bonds is 2. The van der Waals surface area contributed by atoms with E-state index in [2.05, 4.69) is 16.9 Å². The second kappa shape index (κ2) is 4.59. The van der Waals surface area contributed by atoms with Crippen LogP contribution in [0.15, 0.2) is 41.8 Å². The molecule has 0 aliphatic heterocycles. The van der Waals surface area contributed by atoms with Crippen molar-refractivity contribution in [3.8, 4) is 0 Å². The van der Waals surface area contributed by atoms with Crippen molar-refractivity contribution in [1.29, 1.82) is 0 Å². The number of nitrogens with one attached hydrogen (secondary N) is 1. The van der Waals surface area contributed by atoms with E-state index in [9.17, 15) is 9.59 Å². The highest BCUT2D eigenvalue weighted by Crippen LogP contribution is 2.16. The van der Waals surface area contributed by atoms with Crippen LogP contribution in [0, 0.1) is 6.92 Å². The SMILES string of the molecule is C=C(C(=O)NC)n1cc(C)n2c(nc3ccccc32)c1=O. The molecule has 0 aliphatic rings. The molecule has 0 aliphatic carbocycles. The summed E-state index contributed by atoms with van der Waals surface area (Å²) >= 11 is 0. The van der Waals surface area contributed by atoms with E-state index in [0.717, 1.165) is 16.7 Å². The van der Waals surface area contributed by atoms with Gasteiger partial charge in [0.1, 0.15) is 5.70 Å². The highest BCUT2D eigenvalue weighted by Gasteiger charge is 2.16. The van der Waals surface area contributed by atoms with Gasteiger partial charge in [-0.2, -0.15) is 0 Å². The topological polar surface area (TPSA) is 68.4 Å². The fourth-order valence-electron chi connectivity index (χ4n) is 2.39. The van der Waals surface area contributed by atoms with Crippen LogP contribution in [0.25, 0.3) is 22.4 Å². The van der Waals surface area contributed by atoms with Crippen molar-refractivity contribution in [2.75, 3.05) is 7.05 Å². The van der Waals surface area contributed by atoms with Gasteiger partial charge in [0, 0.05) is 18.9 Å². The van der Waals surface area contributed by atoms with Gasteiger partial charge < -0.3 is 5.32 Å². The summed E-state index contributed by atoms with van der Waals surface area (Å²) in [6.45, 7) is 5.53. The number of benzene rings is 1. The van der Waals surface area contributed by atoms with Gasteiger partial charge in [-0.3, -0.25) is 18.6 Å². The zero-order valence-electron chi connectivity index (χ0n) is 11.8. The molecule has 0 radical (unpaired) electrons. The molecule has 2 aromatic heterocycles. The van der Waals surface area contributed by atoms with E-state index in [0.29, 0.717) is 0 Å². The van der Waals surface area contributed by atoms with E-state index >= 15 is 0 Å². The van der Waals surface area contributed by atoms with Crippen molar-refractivity contribution < 1.29 is 4.79 Å². The Bertz CT molecular complexity index is 949. The van der Waals surface area contributed by atoms with E-state index in [1.807, 2.05) is 31.2 Å². The second-order valence-electron chi connectivity index (χ2n) is 4.73. The Morgan fingerprint density at radius 2 is 2.05 bits per heavy atom. The number of nitrogens with zero attached hydrogens (tertiary/aromatic N) is 3. The number of aryl methyl sites for hydroxylation is 1. The summed E-state index contributed by atoms with van der Waals surface area (Å²) in [7, 11) is 1.49. The molecule has 0 saturated heterocycles. The second-order valence-corrected chi connectivity index (χ2v) is 4.73. The summed E-state index contributed by atoms with van der Waals surface area (Å²) in [6.07, 6.45) is 1.60. The molecule has 3 rings (SSSR count). The standard InChI is InChI=1S/C15H14N4O2/c1-9-8-18(10(2)14(20)16-3)15(21)13-17-11-6-4-5-7-12(11)19(9)13/h4-8H,2H2,1,3H3,(H,16,20). The molecule has 21 heavy (non-hydrogen) atoms. The van der Waals surface area contributed by atoms with Crippen LogP contribution in [0.1, 0.15) is 5.69 Å². The van der Waals surface area contributed by atoms with Crippen LogP contribution < -0.4 is 10.9 Å². The number of para-hydroxylation sites is 2. The molecule has 106 valence electrons. The van der Waals surface area contributed by atoms with Gasteiger partial charge in [0.25, 0.3) is 11.5 Å². The minimum atomic E-state index is -0.406. The fraction of sp³-hybridized carbons (Fsp3) is 0.133. The quantitative estimate of drug-likeness (QED) is 0.717. The molecule has 1 amide bonds. The summed E-state index contributed by atoms with van der Waals surface area (Å²) < 4.78 is 3.01. The van der Waals surface area contributed by atoms with Crippen LogP contribution in [0.3, 0.4) is 0 Å². The Morgan fingerprint density at radius 1 is 1.33 bits per heavy atom. The number of hydrogen-bond donors (Lipinski definition) is 1. The van der Waals surface area contributed by atoms with E-state index in [1.54, 1.807) is 10.6 Å². The molecule has 1 N–H and O–H groups in total. The largest absolute Gasteiger partial charge is 0.354 e. The third-order valence-electron chi connectivity index (χ3n) is 3.42. The van der Waals surface area contributed by atoms with Crippen molar-refractivity contribution in [3.63, 3.8) is 0 Å². The van der Waals surface area contributed by atoms with E-state index < -0.39 is 5.91 Å². The van der Waals surface area contributed by atoms with Crippen molar-refractivity contribution >= 4 is 28.3 Å². The summed E-state index contributed by atoms with van der Waals surface area (Å²) in [4.78, 5) is 28.6. The highest BCUT2D eigenvalue weighted by molar-refractivity contribution is 6.12. The first-order chi connectivity index (χ1) is 10.0. The third-order valence-corrected chi connectivity index (χ3v) is 3.42. The Morgan fingerprint density at radius 3 is 2.76 bits per heavy atom. The number of imidazole rings is 1. The van der Waals surface area contributed by atoms with Crippen LogP contribution in [0.2, 0.25) is 0 Å². The number of aromatic nitrogens is 3. The minimum Gasteiger partial charge on any atom is -0.354 e. The van der Waals surface area contributed by atoms with Gasteiger partial charge in [-0.05, 0) is 19.1 Å². The molecule has 1 aromatic carbocycles. The maximum Gasteiger partial charge on any atom is 0.298 e. The lowest BCUT2D eigenvalue weighted by molar-refractivity contribution is -0.115. The average Bonchev–Trinajstić information content (AvgIpc) is 2.89. The summed E-state index contributed by atoms with van der Waals surface area (Å²) in [5, 5.41) is 2.46. The smallest absolute Gasteiger partial charge is 0.298 e. The van der Waals surface area contributed by atoms with Gasteiger partial charge in [-0.15, -0.1) is 0 Å². The molecular weight excluding hydrogens is 268 g/mol. The number of likely N-dealkylation sites (N-methyl/N-ethyl adjacent to an activating group) is 1. The molecular formula is C15H14N4O2. The molecule has 0 unspecified atom stereocenters. The number of fused-ring (bicyclic) bond motifs is 3. The summed E-state index contributed by atoms with van der Waals surface area (Å²) in [5.41, 5.74) is 2.37. The highest BCUT2D eigenvalue weighted by atomic mass is 16.2. The van der Waals surface area contributed by atoms with Crippen LogP contribution in [-0.2, 0) is 4.79 Å². The lowest BCUT2D eigenvalue weighted by Gasteiger charge is -2.10. The molecule has 6 nitrogen and oxygen atoms in total. The van der Waals surface area contributed by atoms with Gasteiger partial charge in [-0.25, -0.2) is 4.98 Å². The van der Waals surface area contributed by atoms with Crippen LogP contribution in [0.4, 0.5) is 0 Å². The van der Waals surface area contributed by atoms with Gasteiger partial charge in [0.05, 0.1) is 11.0 Å².